The van der Waals surface area contributed by atoms with Crippen LogP contribution in [0.15, 0.2) is 30.3 Å². The van der Waals surface area contributed by atoms with Crippen LogP contribution >= 0.6 is 0 Å². The van der Waals surface area contributed by atoms with Gasteiger partial charge in [0.05, 0.1) is 0 Å². The molecule has 1 fully saturated rings. The minimum absolute atomic E-state index is 0.0763. The Kier molecular flexibility index (Phi) is 6.05. The molecule has 4 nitrogen and oxygen atoms in total. The lowest BCUT2D eigenvalue weighted by molar-refractivity contribution is -0.136. The Morgan fingerprint density at radius 2 is 1.95 bits per heavy atom. The summed E-state index contributed by atoms with van der Waals surface area (Å²) in [7, 11) is 0. The van der Waals surface area contributed by atoms with Crippen molar-refractivity contribution in [2.45, 2.75) is 32.7 Å². The Hall–Kier alpha value is -1.55. The fourth-order valence-corrected chi connectivity index (χ4v) is 2.69. The molecule has 0 spiro atoms. The van der Waals surface area contributed by atoms with Gasteiger partial charge in [-0.05, 0) is 57.8 Å². The van der Waals surface area contributed by atoms with Crippen LogP contribution in [0.5, 0.6) is 5.75 Å². The van der Waals surface area contributed by atoms with E-state index in [-0.39, 0.29) is 18.6 Å². The predicted octanol–water partition coefficient (Wildman–Crippen LogP) is 2.30. The van der Waals surface area contributed by atoms with Crippen molar-refractivity contribution in [3.8, 4) is 5.75 Å². The van der Waals surface area contributed by atoms with Crippen molar-refractivity contribution in [2.75, 3.05) is 26.2 Å². The van der Waals surface area contributed by atoms with Gasteiger partial charge in [0.25, 0.3) is 5.91 Å². The van der Waals surface area contributed by atoms with Gasteiger partial charge in [-0.25, -0.2) is 0 Å². The molecule has 2 rings (SSSR count). The number of amides is 1. The zero-order chi connectivity index (χ0) is 15.1. The molecule has 0 radical (unpaired) electrons. The first kappa shape index (κ1) is 15.8. The van der Waals surface area contributed by atoms with Gasteiger partial charge in [-0.3, -0.25) is 4.79 Å². The molecular weight excluding hydrogens is 264 g/mol. The lowest BCUT2D eigenvalue weighted by Crippen LogP contribution is -2.44. The minimum atomic E-state index is 0.0763. The number of ether oxygens (including phenoxy) is 1. The van der Waals surface area contributed by atoms with E-state index in [9.17, 15) is 4.79 Å². The summed E-state index contributed by atoms with van der Waals surface area (Å²) in [6, 6.07) is 9.72. The number of hydrogen-bond acceptors (Lipinski definition) is 3. The molecule has 0 bridgehead atoms. The maximum atomic E-state index is 12.4. The third-order valence-electron chi connectivity index (χ3n) is 3.96. The number of para-hydroxylation sites is 1. The highest BCUT2D eigenvalue weighted by Crippen LogP contribution is 2.16. The van der Waals surface area contributed by atoms with Crippen LogP contribution in [0.4, 0.5) is 0 Å². The van der Waals surface area contributed by atoms with Crippen molar-refractivity contribution in [2.24, 2.45) is 5.92 Å². The summed E-state index contributed by atoms with van der Waals surface area (Å²) in [5, 5.41) is 3.36. The van der Waals surface area contributed by atoms with Crippen molar-refractivity contribution in [1.29, 1.82) is 0 Å². The van der Waals surface area contributed by atoms with Gasteiger partial charge in [0.1, 0.15) is 5.75 Å². The average Bonchev–Trinajstić information content (AvgIpc) is 2.52. The third kappa shape index (κ3) is 5.05. The summed E-state index contributed by atoms with van der Waals surface area (Å²) in [5.41, 5.74) is 0. The molecule has 1 heterocycles. The third-order valence-corrected chi connectivity index (χ3v) is 3.96. The summed E-state index contributed by atoms with van der Waals surface area (Å²) < 4.78 is 5.58. The number of rotatable bonds is 6. The Morgan fingerprint density at radius 1 is 1.29 bits per heavy atom. The molecule has 116 valence electrons. The van der Waals surface area contributed by atoms with E-state index in [0.717, 1.165) is 38.2 Å². The Bertz CT molecular complexity index is 428. The first-order valence-electron chi connectivity index (χ1n) is 7.85. The lowest BCUT2D eigenvalue weighted by atomic mass is 9.97. The van der Waals surface area contributed by atoms with Gasteiger partial charge in [-0.2, -0.15) is 0 Å². The van der Waals surface area contributed by atoms with Gasteiger partial charge in [-0.15, -0.1) is 0 Å². The predicted molar refractivity (Wildman–Crippen MR) is 84.4 cm³/mol. The number of benzene rings is 1. The minimum Gasteiger partial charge on any atom is -0.484 e. The molecule has 0 atom stereocenters. The number of nitrogens with one attached hydrogen (secondary N) is 1. The van der Waals surface area contributed by atoms with E-state index in [4.69, 9.17) is 4.74 Å². The molecule has 0 aliphatic carbocycles. The average molecular weight is 290 g/mol. The zero-order valence-electron chi connectivity index (χ0n) is 13.0. The first-order valence-corrected chi connectivity index (χ1v) is 7.85. The summed E-state index contributed by atoms with van der Waals surface area (Å²) in [5.74, 6) is 1.43. The summed E-state index contributed by atoms with van der Waals surface area (Å²) in [6.07, 6.45) is 2.30. The summed E-state index contributed by atoms with van der Waals surface area (Å²) >= 11 is 0. The molecule has 4 heteroatoms. The van der Waals surface area contributed by atoms with E-state index in [1.54, 1.807) is 0 Å². The quantitative estimate of drug-likeness (QED) is 0.874. The highest BCUT2D eigenvalue weighted by atomic mass is 16.5. The van der Waals surface area contributed by atoms with E-state index in [1.165, 1.54) is 0 Å². The molecular formula is C17H26N2O2. The molecule has 1 aliphatic heterocycles. The maximum Gasteiger partial charge on any atom is 0.260 e. The molecule has 1 aromatic carbocycles. The van der Waals surface area contributed by atoms with E-state index < -0.39 is 0 Å². The molecule has 0 aromatic heterocycles. The van der Waals surface area contributed by atoms with Crippen molar-refractivity contribution >= 4 is 5.91 Å². The van der Waals surface area contributed by atoms with Crippen LogP contribution in [0.2, 0.25) is 0 Å². The van der Waals surface area contributed by atoms with Gasteiger partial charge < -0.3 is 15.0 Å². The van der Waals surface area contributed by atoms with Crippen LogP contribution < -0.4 is 10.1 Å². The molecule has 0 saturated carbocycles. The van der Waals surface area contributed by atoms with Gasteiger partial charge in [0, 0.05) is 12.6 Å². The van der Waals surface area contributed by atoms with Crippen molar-refractivity contribution in [3.63, 3.8) is 0 Å². The van der Waals surface area contributed by atoms with Gasteiger partial charge >= 0.3 is 0 Å². The Morgan fingerprint density at radius 3 is 2.57 bits per heavy atom. The molecule has 1 saturated heterocycles. The van der Waals surface area contributed by atoms with Crippen LogP contribution in [0.3, 0.4) is 0 Å². The number of piperidine rings is 1. The van der Waals surface area contributed by atoms with E-state index in [0.29, 0.717) is 5.92 Å². The van der Waals surface area contributed by atoms with Crippen LogP contribution in [-0.2, 0) is 4.79 Å². The van der Waals surface area contributed by atoms with E-state index in [1.807, 2.05) is 35.2 Å². The molecule has 1 aromatic rings. The van der Waals surface area contributed by atoms with Crippen molar-refractivity contribution in [1.82, 2.24) is 10.2 Å². The highest BCUT2D eigenvalue weighted by molar-refractivity contribution is 5.78. The van der Waals surface area contributed by atoms with E-state index in [2.05, 4.69) is 19.2 Å². The van der Waals surface area contributed by atoms with Crippen LogP contribution in [0.1, 0.15) is 26.7 Å². The molecule has 0 unspecified atom stereocenters. The summed E-state index contributed by atoms with van der Waals surface area (Å²) in [6.45, 7) is 7.23. The van der Waals surface area contributed by atoms with Crippen LogP contribution in [0, 0.1) is 5.92 Å². The fourth-order valence-electron chi connectivity index (χ4n) is 2.69. The fraction of sp³-hybridized carbons (Fsp3) is 0.588. The molecule has 1 aliphatic rings. The molecule has 1 N–H and O–H groups in total. The Balaban J connectivity index is 1.86. The standard InChI is InChI=1S/C17H26N2O2/c1-14(2)19(12-15-8-10-18-11-9-15)17(20)13-21-16-6-4-3-5-7-16/h3-7,14-15,18H,8-13H2,1-2H3. The highest BCUT2D eigenvalue weighted by Gasteiger charge is 2.23. The number of carbonyl (C=O) groups is 1. The Labute approximate surface area is 127 Å². The second kappa shape index (κ2) is 8.03. The van der Waals surface area contributed by atoms with Gasteiger partial charge in [-0.1, -0.05) is 18.2 Å². The first-order chi connectivity index (χ1) is 10.2. The normalized spacial score (nSPS) is 16.0. The number of carbonyl (C=O) groups excluding carboxylic acids is 1. The smallest absolute Gasteiger partial charge is 0.260 e. The second-order valence-electron chi connectivity index (χ2n) is 5.93. The van der Waals surface area contributed by atoms with Crippen LogP contribution in [0.25, 0.3) is 0 Å². The monoisotopic (exact) mass is 290 g/mol. The van der Waals surface area contributed by atoms with Gasteiger partial charge in [0.15, 0.2) is 6.61 Å². The SMILES string of the molecule is CC(C)N(CC1CCNCC1)C(=O)COc1ccccc1. The topological polar surface area (TPSA) is 41.6 Å². The van der Waals surface area contributed by atoms with Gasteiger partial charge in [0.2, 0.25) is 0 Å². The van der Waals surface area contributed by atoms with Crippen molar-refractivity contribution in [3.05, 3.63) is 30.3 Å². The lowest BCUT2D eigenvalue weighted by Gasteiger charge is -2.32. The molecule has 1 amide bonds. The number of nitrogens with zero attached hydrogens (tertiary/aromatic N) is 1. The maximum absolute atomic E-state index is 12.4. The zero-order valence-corrected chi connectivity index (χ0v) is 13.0. The van der Waals surface area contributed by atoms with Crippen LogP contribution in [-0.4, -0.2) is 43.1 Å². The summed E-state index contributed by atoms with van der Waals surface area (Å²) in [4.78, 5) is 14.4. The van der Waals surface area contributed by atoms with Crippen molar-refractivity contribution < 1.29 is 9.53 Å². The second-order valence-corrected chi connectivity index (χ2v) is 5.93. The molecule has 21 heavy (non-hydrogen) atoms. The number of hydrogen-bond donors (Lipinski definition) is 1. The largest absolute Gasteiger partial charge is 0.484 e. The van der Waals surface area contributed by atoms with E-state index >= 15 is 0 Å².